The van der Waals surface area contributed by atoms with Crippen molar-refractivity contribution in [2.75, 3.05) is 0 Å². The Labute approximate surface area is 104 Å². The molecule has 0 spiro atoms. The molecule has 0 nitrogen and oxygen atoms in total. The number of rotatable bonds is 4. The van der Waals surface area contributed by atoms with E-state index in [0.717, 1.165) is 0 Å². The normalized spacial score (nSPS) is 10.5. The van der Waals surface area contributed by atoms with Crippen molar-refractivity contribution in [1.82, 2.24) is 0 Å². The molecule has 0 radical (unpaired) electrons. The highest BCUT2D eigenvalue weighted by molar-refractivity contribution is 5.30. The molecule has 0 aliphatic rings. The Balaban J connectivity index is 1.90. The van der Waals surface area contributed by atoms with E-state index in [4.69, 9.17) is 0 Å². The molecule has 0 N–H and O–H groups in total. The molecule has 2 aromatic carbocycles. The predicted octanol–water partition coefficient (Wildman–Crippen LogP) is 4.48. The highest BCUT2D eigenvalue weighted by Crippen LogP contribution is 2.14. The molecule has 0 saturated heterocycles. The molecule has 17 heavy (non-hydrogen) atoms. The topological polar surface area (TPSA) is 0 Å². The van der Waals surface area contributed by atoms with E-state index in [1.807, 2.05) is 0 Å². The lowest BCUT2D eigenvalue weighted by molar-refractivity contribution is 0.816. The van der Waals surface area contributed by atoms with Crippen LogP contribution in [0.3, 0.4) is 0 Å². The Morgan fingerprint density at radius 1 is 0.824 bits per heavy atom. The Bertz CT molecular complexity index is 469. The lowest BCUT2D eigenvalue weighted by Gasteiger charge is -2.07. The van der Waals surface area contributed by atoms with E-state index in [1.54, 1.807) is 0 Å². The molecule has 2 aromatic rings. The Morgan fingerprint density at radius 2 is 1.59 bits per heavy atom. The van der Waals surface area contributed by atoms with Gasteiger partial charge in [0.05, 0.1) is 0 Å². The van der Waals surface area contributed by atoms with Gasteiger partial charge >= 0.3 is 0 Å². The number of hydrogen-bond donors (Lipinski definition) is 0. The molecule has 0 unspecified atom stereocenters. The molecule has 0 heteroatoms. The van der Waals surface area contributed by atoms with Gasteiger partial charge in [0.15, 0.2) is 0 Å². The van der Waals surface area contributed by atoms with E-state index in [2.05, 4.69) is 62.4 Å². The molecule has 0 atom stereocenters. The summed E-state index contributed by atoms with van der Waals surface area (Å²) in [5.41, 5.74) is 5.72. The first kappa shape index (κ1) is 11.9. The fourth-order valence-electron chi connectivity index (χ4n) is 2.25. The SMILES string of the molecule is Cc1ccc(CCCc2ccccc2)c(C)c1. The molecular formula is C17H20. The summed E-state index contributed by atoms with van der Waals surface area (Å²) < 4.78 is 0. The average molecular weight is 224 g/mol. The summed E-state index contributed by atoms with van der Waals surface area (Å²) in [5.74, 6) is 0. The first-order valence-corrected chi connectivity index (χ1v) is 6.36. The van der Waals surface area contributed by atoms with Crippen LogP contribution in [0.4, 0.5) is 0 Å². The van der Waals surface area contributed by atoms with Crippen molar-refractivity contribution in [2.24, 2.45) is 0 Å². The molecule has 0 aliphatic heterocycles. The van der Waals surface area contributed by atoms with Crippen LogP contribution in [0.2, 0.25) is 0 Å². The van der Waals surface area contributed by atoms with Crippen molar-refractivity contribution < 1.29 is 0 Å². The minimum atomic E-state index is 1.17. The van der Waals surface area contributed by atoms with E-state index < -0.39 is 0 Å². The van der Waals surface area contributed by atoms with Gasteiger partial charge in [0.1, 0.15) is 0 Å². The summed E-state index contributed by atoms with van der Waals surface area (Å²) in [6.45, 7) is 4.37. The molecule has 0 bridgehead atoms. The van der Waals surface area contributed by atoms with Crippen LogP contribution in [-0.4, -0.2) is 0 Å². The van der Waals surface area contributed by atoms with Crippen LogP contribution in [0, 0.1) is 13.8 Å². The van der Waals surface area contributed by atoms with Crippen LogP contribution in [0.15, 0.2) is 48.5 Å². The zero-order valence-corrected chi connectivity index (χ0v) is 10.7. The van der Waals surface area contributed by atoms with Gasteiger partial charge in [-0.15, -0.1) is 0 Å². The van der Waals surface area contributed by atoms with E-state index in [1.165, 1.54) is 41.5 Å². The van der Waals surface area contributed by atoms with Gasteiger partial charge in [-0.05, 0) is 49.8 Å². The van der Waals surface area contributed by atoms with E-state index in [-0.39, 0.29) is 0 Å². The maximum atomic E-state index is 2.28. The van der Waals surface area contributed by atoms with Crippen molar-refractivity contribution in [1.29, 1.82) is 0 Å². The van der Waals surface area contributed by atoms with E-state index >= 15 is 0 Å². The van der Waals surface area contributed by atoms with Crippen molar-refractivity contribution in [2.45, 2.75) is 33.1 Å². The molecule has 0 saturated carbocycles. The van der Waals surface area contributed by atoms with E-state index in [9.17, 15) is 0 Å². The van der Waals surface area contributed by atoms with Crippen LogP contribution < -0.4 is 0 Å². The summed E-state index contributed by atoms with van der Waals surface area (Å²) in [5, 5.41) is 0. The summed E-state index contributed by atoms with van der Waals surface area (Å²) in [7, 11) is 0. The molecule has 88 valence electrons. The van der Waals surface area contributed by atoms with Gasteiger partial charge in [-0.1, -0.05) is 54.1 Å². The minimum Gasteiger partial charge on any atom is -0.0622 e. The Morgan fingerprint density at radius 3 is 2.29 bits per heavy atom. The summed E-state index contributed by atoms with van der Waals surface area (Å²) in [6.07, 6.45) is 3.59. The maximum absolute atomic E-state index is 2.28. The molecule has 0 amide bonds. The van der Waals surface area contributed by atoms with Crippen LogP contribution in [0.25, 0.3) is 0 Å². The van der Waals surface area contributed by atoms with Crippen LogP contribution >= 0.6 is 0 Å². The van der Waals surface area contributed by atoms with Gasteiger partial charge in [0, 0.05) is 0 Å². The van der Waals surface area contributed by atoms with Gasteiger partial charge in [-0.2, -0.15) is 0 Å². The molecule has 0 fully saturated rings. The second-order valence-corrected chi connectivity index (χ2v) is 4.77. The first-order valence-electron chi connectivity index (χ1n) is 6.36. The molecule has 0 heterocycles. The van der Waals surface area contributed by atoms with Crippen LogP contribution in [0.5, 0.6) is 0 Å². The quantitative estimate of drug-likeness (QED) is 0.718. The lowest BCUT2D eigenvalue weighted by atomic mass is 9.99. The van der Waals surface area contributed by atoms with Crippen LogP contribution in [-0.2, 0) is 12.8 Å². The van der Waals surface area contributed by atoms with Gasteiger partial charge in [-0.3, -0.25) is 0 Å². The third-order valence-electron chi connectivity index (χ3n) is 3.25. The van der Waals surface area contributed by atoms with Gasteiger partial charge in [0.25, 0.3) is 0 Å². The monoisotopic (exact) mass is 224 g/mol. The smallest absolute Gasteiger partial charge is 0.0273 e. The van der Waals surface area contributed by atoms with E-state index in [0.29, 0.717) is 0 Å². The number of benzene rings is 2. The zero-order valence-electron chi connectivity index (χ0n) is 10.7. The van der Waals surface area contributed by atoms with Crippen molar-refractivity contribution in [3.05, 3.63) is 70.8 Å². The zero-order chi connectivity index (χ0) is 12.1. The summed E-state index contributed by atoms with van der Waals surface area (Å²) in [6, 6.07) is 17.5. The Kier molecular flexibility index (Phi) is 3.98. The van der Waals surface area contributed by atoms with Gasteiger partial charge in [0.2, 0.25) is 0 Å². The number of aryl methyl sites for hydroxylation is 4. The van der Waals surface area contributed by atoms with Gasteiger partial charge < -0.3 is 0 Å². The summed E-state index contributed by atoms with van der Waals surface area (Å²) in [4.78, 5) is 0. The molecule has 2 rings (SSSR count). The highest BCUT2D eigenvalue weighted by atomic mass is 14.0. The first-order chi connectivity index (χ1) is 8.25. The van der Waals surface area contributed by atoms with Gasteiger partial charge in [-0.25, -0.2) is 0 Å². The third-order valence-corrected chi connectivity index (χ3v) is 3.25. The molecular weight excluding hydrogens is 204 g/mol. The molecule has 0 aliphatic carbocycles. The second kappa shape index (κ2) is 5.67. The summed E-state index contributed by atoms with van der Waals surface area (Å²) >= 11 is 0. The average Bonchev–Trinajstić information content (AvgIpc) is 2.33. The third kappa shape index (κ3) is 3.45. The largest absolute Gasteiger partial charge is 0.0622 e. The highest BCUT2D eigenvalue weighted by Gasteiger charge is 1.99. The minimum absolute atomic E-state index is 1.17. The van der Waals surface area contributed by atoms with Crippen molar-refractivity contribution >= 4 is 0 Å². The standard InChI is InChI=1S/C17H20/c1-14-11-12-17(15(2)13-14)10-6-9-16-7-4-3-5-8-16/h3-5,7-8,11-13H,6,9-10H2,1-2H3. The number of hydrogen-bond acceptors (Lipinski definition) is 0. The fourth-order valence-corrected chi connectivity index (χ4v) is 2.25. The van der Waals surface area contributed by atoms with Crippen molar-refractivity contribution in [3.63, 3.8) is 0 Å². The molecule has 0 aromatic heterocycles. The van der Waals surface area contributed by atoms with Crippen LogP contribution in [0.1, 0.15) is 28.7 Å². The fraction of sp³-hybridized carbons (Fsp3) is 0.294. The predicted molar refractivity (Wildman–Crippen MR) is 74.4 cm³/mol. The Hall–Kier alpha value is -1.56. The lowest BCUT2D eigenvalue weighted by Crippen LogP contribution is -1.93. The maximum Gasteiger partial charge on any atom is -0.0273 e. The second-order valence-electron chi connectivity index (χ2n) is 4.77. The van der Waals surface area contributed by atoms with Crippen molar-refractivity contribution in [3.8, 4) is 0 Å².